The highest BCUT2D eigenvalue weighted by molar-refractivity contribution is 6.08. The molecule has 0 aliphatic heterocycles. The molecule has 0 fully saturated rings. The monoisotopic (exact) mass is 435 g/mol. The first-order chi connectivity index (χ1) is 15.5. The van der Waals surface area contributed by atoms with Crippen LogP contribution in [0.3, 0.4) is 0 Å². The number of esters is 1. The van der Waals surface area contributed by atoms with E-state index in [0.717, 1.165) is 16.4 Å². The van der Waals surface area contributed by atoms with Gasteiger partial charge in [-0.05, 0) is 24.3 Å². The third kappa shape index (κ3) is 4.02. The largest absolute Gasteiger partial charge is 0.497 e. The summed E-state index contributed by atoms with van der Waals surface area (Å²) >= 11 is 0. The standard InChI is InChI=1S/C24H21NO7/c1-28-14-8-9-16(20(10-14)29-2)24(27)31-13-23(26)25-18-12-21-17(11-22(18)30-3)15-6-4-5-7-19(15)32-21/h4-12H,13H2,1-3H3,(H,25,26). The fourth-order valence-electron chi connectivity index (χ4n) is 3.38. The molecule has 0 aliphatic carbocycles. The van der Waals surface area contributed by atoms with Gasteiger partial charge in [-0.1, -0.05) is 18.2 Å². The zero-order chi connectivity index (χ0) is 22.7. The number of para-hydroxylation sites is 1. The van der Waals surface area contributed by atoms with Crippen LogP contribution in [0.5, 0.6) is 17.2 Å². The Balaban J connectivity index is 1.49. The summed E-state index contributed by atoms with van der Waals surface area (Å²) in [6, 6.07) is 15.8. The minimum Gasteiger partial charge on any atom is -0.497 e. The van der Waals surface area contributed by atoms with Crippen molar-refractivity contribution >= 4 is 39.5 Å². The van der Waals surface area contributed by atoms with Gasteiger partial charge >= 0.3 is 5.97 Å². The average molecular weight is 435 g/mol. The van der Waals surface area contributed by atoms with Gasteiger partial charge in [0.25, 0.3) is 5.91 Å². The van der Waals surface area contributed by atoms with Crippen LogP contribution in [0, 0.1) is 0 Å². The number of hydrogen-bond donors (Lipinski definition) is 1. The molecule has 0 unspecified atom stereocenters. The Morgan fingerprint density at radius 1 is 0.844 bits per heavy atom. The fourth-order valence-corrected chi connectivity index (χ4v) is 3.38. The van der Waals surface area contributed by atoms with Gasteiger partial charge < -0.3 is 28.7 Å². The van der Waals surface area contributed by atoms with E-state index in [4.69, 9.17) is 23.4 Å². The minimum absolute atomic E-state index is 0.183. The second kappa shape index (κ2) is 8.89. The van der Waals surface area contributed by atoms with Crippen LogP contribution in [0.25, 0.3) is 21.9 Å². The van der Waals surface area contributed by atoms with Crippen molar-refractivity contribution in [3.63, 3.8) is 0 Å². The summed E-state index contributed by atoms with van der Waals surface area (Å²) in [5.74, 6) is 0.0514. The zero-order valence-electron chi connectivity index (χ0n) is 17.8. The molecule has 0 bridgehead atoms. The molecule has 1 heterocycles. The number of furan rings is 1. The zero-order valence-corrected chi connectivity index (χ0v) is 17.8. The number of anilines is 1. The Kier molecular flexibility index (Phi) is 5.85. The van der Waals surface area contributed by atoms with Crippen LogP contribution < -0.4 is 19.5 Å². The highest BCUT2D eigenvalue weighted by atomic mass is 16.5. The normalized spacial score (nSPS) is 10.7. The molecule has 4 aromatic rings. The molecular formula is C24H21NO7. The molecule has 0 atom stereocenters. The maximum atomic E-state index is 12.5. The molecule has 32 heavy (non-hydrogen) atoms. The maximum Gasteiger partial charge on any atom is 0.342 e. The Bertz CT molecular complexity index is 1310. The minimum atomic E-state index is -0.695. The summed E-state index contributed by atoms with van der Waals surface area (Å²) in [7, 11) is 4.45. The SMILES string of the molecule is COc1ccc(C(=O)OCC(=O)Nc2cc3oc4ccccc4c3cc2OC)c(OC)c1. The van der Waals surface area contributed by atoms with Crippen molar-refractivity contribution in [2.75, 3.05) is 33.3 Å². The second-order valence-corrected chi connectivity index (χ2v) is 6.84. The van der Waals surface area contributed by atoms with Crippen LogP contribution in [0.15, 0.2) is 59.0 Å². The molecule has 0 spiro atoms. The molecule has 0 saturated carbocycles. The maximum absolute atomic E-state index is 12.5. The van der Waals surface area contributed by atoms with Crippen LogP contribution in [0.4, 0.5) is 5.69 Å². The number of fused-ring (bicyclic) bond motifs is 3. The molecule has 0 aliphatic rings. The van der Waals surface area contributed by atoms with E-state index >= 15 is 0 Å². The average Bonchev–Trinajstić information content (AvgIpc) is 3.18. The molecule has 8 nitrogen and oxygen atoms in total. The van der Waals surface area contributed by atoms with Gasteiger partial charge in [-0.15, -0.1) is 0 Å². The summed E-state index contributed by atoms with van der Waals surface area (Å²) in [5.41, 5.74) is 1.92. The molecule has 8 heteroatoms. The van der Waals surface area contributed by atoms with Gasteiger partial charge in [0, 0.05) is 22.9 Å². The predicted molar refractivity (Wildman–Crippen MR) is 119 cm³/mol. The first-order valence-electron chi connectivity index (χ1n) is 9.72. The van der Waals surface area contributed by atoms with Crippen molar-refractivity contribution < 1.29 is 33.0 Å². The van der Waals surface area contributed by atoms with E-state index in [9.17, 15) is 9.59 Å². The van der Waals surface area contributed by atoms with Gasteiger partial charge in [-0.3, -0.25) is 4.79 Å². The van der Waals surface area contributed by atoms with E-state index in [2.05, 4.69) is 5.32 Å². The summed E-state index contributed by atoms with van der Waals surface area (Å²) in [4.78, 5) is 24.9. The molecule has 4 rings (SSSR count). The van der Waals surface area contributed by atoms with Crippen molar-refractivity contribution in [2.45, 2.75) is 0 Å². The summed E-state index contributed by atoms with van der Waals surface area (Å²) in [5, 5.41) is 4.51. The van der Waals surface area contributed by atoms with E-state index < -0.39 is 18.5 Å². The van der Waals surface area contributed by atoms with E-state index in [1.54, 1.807) is 24.3 Å². The third-order valence-corrected chi connectivity index (χ3v) is 4.94. The molecule has 0 radical (unpaired) electrons. The summed E-state index contributed by atoms with van der Waals surface area (Å²) in [6.45, 7) is -0.491. The highest BCUT2D eigenvalue weighted by Crippen LogP contribution is 2.36. The summed E-state index contributed by atoms with van der Waals surface area (Å²) < 4.78 is 26.7. The Hall–Kier alpha value is -4.20. The lowest BCUT2D eigenvalue weighted by molar-refractivity contribution is -0.119. The van der Waals surface area contributed by atoms with Crippen molar-refractivity contribution in [2.24, 2.45) is 0 Å². The van der Waals surface area contributed by atoms with E-state index in [1.807, 2.05) is 24.3 Å². The van der Waals surface area contributed by atoms with Crippen LogP contribution in [-0.2, 0) is 9.53 Å². The van der Waals surface area contributed by atoms with Gasteiger partial charge in [0.15, 0.2) is 6.61 Å². The van der Waals surface area contributed by atoms with Crippen LogP contribution >= 0.6 is 0 Å². The van der Waals surface area contributed by atoms with Gasteiger partial charge in [-0.2, -0.15) is 0 Å². The number of ether oxygens (including phenoxy) is 4. The molecular weight excluding hydrogens is 414 g/mol. The number of carbonyl (C=O) groups excluding carboxylic acids is 2. The van der Waals surface area contributed by atoms with Gasteiger partial charge in [-0.25, -0.2) is 4.79 Å². The van der Waals surface area contributed by atoms with Crippen molar-refractivity contribution in [1.82, 2.24) is 0 Å². The number of hydrogen-bond acceptors (Lipinski definition) is 7. The Morgan fingerprint density at radius 2 is 1.62 bits per heavy atom. The number of benzene rings is 3. The van der Waals surface area contributed by atoms with E-state index in [1.165, 1.54) is 27.4 Å². The van der Waals surface area contributed by atoms with E-state index in [0.29, 0.717) is 22.8 Å². The molecule has 1 amide bonds. The Labute approximate surface area is 183 Å². The van der Waals surface area contributed by atoms with Crippen molar-refractivity contribution in [3.8, 4) is 17.2 Å². The van der Waals surface area contributed by atoms with Crippen LogP contribution in [0.2, 0.25) is 0 Å². The lowest BCUT2D eigenvalue weighted by atomic mass is 10.1. The first-order valence-corrected chi connectivity index (χ1v) is 9.72. The van der Waals surface area contributed by atoms with Gasteiger partial charge in [0.05, 0.1) is 27.0 Å². The second-order valence-electron chi connectivity index (χ2n) is 6.84. The van der Waals surface area contributed by atoms with E-state index in [-0.39, 0.29) is 11.3 Å². The number of amides is 1. The number of nitrogens with one attached hydrogen (secondary N) is 1. The smallest absolute Gasteiger partial charge is 0.342 e. The molecule has 164 valence electrons. The highest BCUT2D eigenvalue weighted by Gasteiger charge is 2.18. The topological polar surface area (TPSA) is 96.2 Å². The number of rotatable bonds is 7. The number of carbonyl (C=O) groups is 2. The summed E-state index contributed by atoms with van der Waals surface area (Å²) in [6.07, 6.45) is 0. The van der Waals surface area contributed by atoms with Gasteiger partial charge in [0.1, 0.15) is 34.0 Å². The van der Waals surface area contributed by atoms with Crippen molar-refractivity contribution in [3.05, 3.63) is 60.2 Å². The fraction of sp³-hybridized carbons (Fsp3) is 0.167. The predicted octanol–water partition coefficient (Wildman–Crippen LogP) is 4.41. The molecule has 1 aromatic heterocycles. The molecule has 1 N–H and O–H groups in total. The van der Waals surface area contributed by atoms with Gasteiger partial charge in [0.2, 0.25) is 0 Å². The first kappa shape index (κ1) is 21.0. The van der Waals surface area contributed by atoms with Crippen LogP contribution in [0.1, 0.15) is 10.4 Å². The lowest BCUT2D eigenvalue weighted by Gasteiger charge is -2.12. The quantitative estimate of drug-likeness (QED) is 0.430. The van der Waals surface area contributed by atoms with Crippen molar-refractivity contribution in [1.29, 1.82) is 0 Å². The lowest BCUT2D eigenvalue weighted by Crippen LogP contribution is -2.21. The molecule has 0 saturated heterocycles. The van der Waals surface area contributed by atoms with Crippen LogP contribution in [-0.4, -0.2) is 39.8 Å². The Morgan fingerprint density at radius 3 is 2.38 bits per heavy atom. The number of methoxy groups -OCH3 is 3. The third-order valence-electron chi connectivity index (χ3n) is 4.94. The molecule has 3 aromatic carbocycles.